The van der Waals surface area contributed by atoms with Crippen LogP contribution in [0, 0.1) is 11.8 Å². The van der Waals surface area contributed by atoms with Gasteiger partial charge in [-0.15, -0.1) is 0 Å². The first-order valence-corrected chi connectivity index (χ1v) is 18.3. The molecule has 0 aliphatic carbocycles. The van der Waals surface area contributed by atoms with Crippen LogP contribution in [0.5, 0.6) is 46.0 Å². The van der Waals surface area contributed by atoms with E-state index in [4.69, 9.17) is 42.6 Å². The first-order chi connectivity index (χ1) is 25.5. The normalized spacial score (nSPS) is 20.5. The van der Waals surface area contributed by atoms with E-state index in [0.717, 1.165) is 22.3 Å². The van der Waals surface area contributed by atoms with Crippen LogP contribution >= 0.6 is 0 Å². The largest absolute Gasteiger partial charge is 0.493 e. The number of benzene rings is 4. The lowest BCUT2D eigenvalue weighted by atomic mass is 9.85. The molecule has 1 fully saturated rings. The second-order valence-corrected chi connectivity index (χ2v) is 14.0. The Morgan fingerprint density at radius 1 is 0.415 bits per heavy atom. The Labute approximate surface area is 315 Å². The van der Waals surface area contributed by atoms with Gasteiger partial charge in [-0.25, -0.2) is 0 Å². The zero-order chi connectivity index (χ0) is 38.4. The first-order valence-electron chi connectivity index (χ1n) is 18.3. The molecule has 0 radical (unpaired) electrons. The molecule has 0 bridgehead atoms. The lowest BCUT2D eigenvalue weighted by Gasteiger charge is -2.25. The summed E-state index contributed by atoms with van der Waals surface area (Å²) in [6.07, 6.45) is -0.549. The third-order valence-corrected chi connectivity index (χ3v) is 11.0. The van der Waals surface area contributed by atoms with Crippen LogP contribution in [0.2, 0.25) is 0 Å². The summed E-state index contributed by atoms with van der Waals surface area (Å²) in [6, 6.07) is 24.1. The molecule has 1 heterocycles. The average molecular weight is 729 g/mol. The molecule has 0 aromatic heterocycles. The van der Waals surface area contributed by atoms with Gasteiger partial charge < -0.3 is 42.6 Å². The van der Waals surface area contributed by atoms with Crippen LogP contribution in [0.3, 0.4) is 0 Å². The van der Waals surface area contributed by atoms with Crippen molar-refractivity contribution in [2.75, 3.05) is 42.7 Å². The predicted molar refractivity (Wildman–Crippen MR) is 207 cm³/mol. The monoisotopic (exact) mass is 728 g/mol. The molecule has 1 aliphatic rings. The molecule has 0 saturated carbocycles. The third-order valence-electron chi connectivity index (χ3n) is 11.0. The fourth-order valence-corrected chi connectivity index (χ4v) is 7.06. The topological polar surface area (TPSA) is 83.1 Å². The van der Waals surface area contributed by atoms with Crippen LogP contribution in [0.15, 0.2) is 72.8 Å². The quantitative estimate of drug-likeness (QED) is 0.112. The van der Waals surface area contributed by atoms with Gasteiger partial charge >= 0.3 is 0 Å². The SMILES string of the molecule is COc1ccc(C(C)C(C)Oc2ccc(C3OC(c4ccc(OC(C)[C@@H](C)c5ccc(OC)c(OC)c5)c(OC)c4)C(C)C3C)cc2OC)cc1OC. The smallest absolute Gasteiger partial charge is 0.161 e. The number of rotatable bonds is 16. The number of hydrogen-bond donors (Lipinski definition) is 0. The molecule has 0 spiro atoms. The van der Waals surface area contributed by atoms with Crippen LogP contribution in [0.4, 0.5) is 0 Å². The Morgan fingerprint density at radius 2 is 0.736 bits per heavy atom. The Hall–Kier alpha value is -4.76. The van der Waals surface area contributed by atoms with Crippen LogP contribution < -0.4 is 37.9 Å². The van der Waals surface area contributed by atoms with Crippen molar-refractivity contribution in [3.05, 3.63) is 95.1 Å². The van der Waals surface area contributed by atoms with Crippen molar-refractivity contribution in [1.82, 2.24) is 0 Å². The van der Waals surface area contributed by atoms with Gasteiger partial charge in [0.2, 0.25) is 0 Å². The molecule has 4 aromatic carbocycles. The molecule has 8 atom stereocenters. The second-order valence-electron chi connectivity index (χ2n) is 14.0. The molecule has 0 N–H and O–H groups in total. The zero-order valence-electron chi connectivity index (χ0n) is 33.2. The fourth-order valence-electron chi connectivity index (χ4n) is 7.06. The molecule has 5 rings (SSSR count). The molecule has 0 amide bonds. The fraction of sp³-hybridized carbons (Fsp3) is 0.455. The number of ether oxygens (including phenoxy) is 9. The van der Waals surface area contributed by atoms with Gasteiger partial charge in [0.1, 0.15) is 12.2 Å². The van der Waals surface area contributed by atoms with Crippen molar-refractivity contribution in [3.8, 4) is 46.0 Å². The summed E-state index contributed by atoms with van der Waals surface area (Å²) in [6.45, 7) is 12.9. The first kappa shape index (κ1) is 39.4. The minimum Gasteiger partial charge on any atom is -0.493 e. The Morgan fingerprint density at radius 3 is 1.08 bits per heavy atom. The molecule has 1 aliphatic heterocycles. The van der Waals surface area contributed by atoms with Crippen LogP contribution in [-0.4, -0.2) is 54.9 Å². The average Bonchev–Trinajstić information content (AvgIpc) is 3.49. The minimum absolute atomic E-state index is 0.0805. The summed E-state index contributed by atoms with van der Waals surface area (Å²) in [4.78, 5) is 0. The maximum absolute atomic E-state index is 6.84. The predicted octanol–water partition coefficient (Wildman–Crippen LogP) is 9.96. The number of hydrogen-bond acceptors (Lipinski definition) is 9. The highest BCUT2D eigenvalue weighted by atomic mass is 16.5. The van der Waals surface area contributed by atoms with Crippen molar-refractivity contribution >= 4 is 0 Å². The van der Waals surface area contributed by atoms with Gasteiger partial charge in [0.15, 0.2) is 46.0 Å². The molecule has 7 unspecified atom stereocenters. The van der Waals surface area contributed by atoms with Crippen LogP contribution in [0.1, 0.15) is 87.8 Å². The van der Waals surface area contributed by atoms with Crippen LogP contribution in [0.25, 0.3) is 0 Å². The van der Waals surface area contributed by atoms with Gasteiger partial charge in [0.05, 0.1) is 54.9 Å². The Bertz CT molecular complexity index is 1690. The molecule has 286 valence electrons. The van der Waals surface area contributed by atoms with Crippen LogP contribution in [-0.2, 0) is 4.74 Å². The molecule has 53 heavy (non-hydrogen) atoms. The van der Waals surface area contributed by atoms with Gasteiger partial charge in [-0.2, -0.15) is 0 Å². The standard InChI is InChI=1S/C44H56O9/c1-25-26(2)44(34-16-20-38(42(24-34)50-12)52-30(6)28(4)32-14-18-36(46-8)40(22-32)48-10)53-43(25)33-15-19-37(41(23-33)49-11)51-29(5)27(3)31-13-17-35(45-7)39(21-31)47-9/h13-30,43-44H,1-12H3/t25?,26?,27-,28?,29?,30?,43?,44?/m1/s1. The summed E-state index contributed by atoms with van der Waals surface area (Å²) >= 11 is 0. The zero-order valence-corrected chi connectivity index (χ0v) is 33.2. The summed E-state index contributed by atoms with van der Waals surface area (Å²) in [5.74, 6) is 6.12. The van der Waals surface area contributed by atoms with Crippen molar-refractivity contribution < 1.29 is 42.6 Å². The van der Waals surface area contributed by atoms with Gasteiger partial charge in [0.25, 0.3) is 0 Å². The van der Waals surface area contributed by atoms with Gasteiger partial charge in [0, 0.05) is 11.8 Å². The maximum Gasteiger partial charge on any atom is 0.161 e. The summed E-state index contributed by atoms with van der Waals surface area (Å²) < 4.78 is 53.4. The molecule has 9 nitrogen and oxygen atoms in total. The maximum atomic E-state index is 6.84. The highest BCUT2D eigenvalue weighted by Crippen LogP contribution is 2.51. The van der Waals surface area contributed by atoms with E-state index in [1.807, 2.05) is 60.7 Å². The Kier molecular flexibility index (Phi) is 12.9. The van der Waals surface area contributed by atoms with Crippen molar-refractivity contribution in [1.29, 1.82) is 0 Å². The van der Waals surface area contributed by atoms with E-state index in [-0.39, 0.29) is 48.1 Å². The third kappa shape index (κ3) is 8.41. The van der Waals surface area contributed by atoms with Crippen molar-refractivity contribution in [2.45, 2.75) is 77.8 Å². The van der Waals surface area contributed by atoms with Gasteiger partial charge in [-0.05, 0) is 96.5 Å². The lowest BCUT2D eigenvalue weighted by Crippen LogP contribution is -2.20. The highest BCUT2D eigenvalue weighted by molar-refractivity contribution is 5.48. The molecular formula is C44H56O9. The summed E-state index contributed by atoms with van der Waals surface area (Å²) in [5.41, 5.74) is 4.27. The molecule has 4 aromatic rings. The second kappa shape index (κ2) is 17.4. The Balaban J connectivity index is 1.29. The van der Waals surface area contributed by atoms with Gasteiger partial charge in [-0.1, -0.05) is 52.0 Å². The van der Waals surface area contributed by atoms with E-state index in [9.17, 15) is 0 Å². The summed E-state index contributed by atoms with van der Waals surface area (Å²) in [5, 5.41) is 0. The highest BCUT2D eigenvalue weighted by Gasteiger charge is 2.41. The molecule has 9 heteroatoms. The number of methoxy groups -OCH3 is 6. The van der Waals surface area contributed by atoms with E-state index >= 15 is 0 Å². The van der Waals surface area contributed by atoms with E-state index < -0.39 is 0 Å². The molecule has 1 saturated heterocycles. The molecular weight excluding hydrogens is 672 g/mol. The van der Waals surface area contributed by atoms with Crippen molar-refractivity contribution in [2.24, 2.45) is 11.8 Å². The van der Waals surface area contributed by atoms with Crippen molar-refractivity contribution in [3.63, 3.8) is 0 Å². The van der Waals surface area contributed by atoms with E-state index in [1.165, 1.54) is 0 Å². The van der Waals surface area contributed by atoms with E-state index in [2.05, 4.69) is 53.7 Å². The summed E-state index contributed by atoms with van der Waals surface area (Å²) in [7, 11) is 9.90. The van der Waals surface area contributed by atoms with E-state index in [1.54, 1.807) is 42.7 Å². The van der Waals surface area contributed by atoms with E-state index in [0.29, 0.717) is 46.0 Å². The minimum atomic E-state index is -0.141. The lowest BCUT2D eigenvalue weighted by molar-refractivity contribution is 0.0287. The van der Waals surface area contributed by atoms with Gasteiger partial charge in [-0.3, -0.25) is 0 Å².